The second kappa shape index (κ2) is 14.0. The van der Waals surface area contributed by atoms with Gasteiger partial charge in [-0.2, -0.15) is 18.3 Å². The zero-order valence-corrected chi connectivity index (χ0v) is 25.9. The Bertz CT molecular complexity index is 1540. The van der Waals surface area contributed by atoms with E-state index in [1.807, 2.05) is 29.2 Å². The molecule has 0 aliphatic carbocycles. The number of ether oxygens (including phenoxy) is 2. The molecule has 12 nitrogen and oxygen atoms in total. The second-order valence-corrected chi connectivity index (χ2v) is 11.6. The third kappa shape index (κ3) is 7.58. The molecule has 0 unspecified atom stereocenters. The summed E-state index contributed by atoms with van der Waals surface area (Å²) in [5, 5.41) is 17.9. The van der Waals surface area contributed by atoms with E-state index in [0.717, 1.165) is 18.0 Å². The maximum atomic E-state index is 13.3. The number of nitrogens with one attached hydrogen (secondary N) is 1. The zero-order valence-electron chi connectivity index (χ0n) is 25.9. The number of hydrogen-bond donors (Lipinski definition) is 2. The van der Waals surface area contributed by atoms with E-state index in [4.69, 9.17) is 9.47 Å². The fraction of sp³-hybridized carbons (Fsp3) is 0.516. The molecule has 0 radical (unpaired) electrons. The second-order valence-electron chi connectivity index (χ2n) is 11.6. The lowest BCUT2D eigenvalue weighted by Gasteiger charge is -2.36. The van der Waals surface area contributed by atoms with Crippen LogP contribution in [0.4, 0.5) is 24.8 Å². The Morgan fingerprint density at radius 3 is 2.33 bits per heavy atom. The van der Waals surface area contributed by atoms with Crippen LogP contribution in [0, 0.1) is 6.92 Å². The Morgan fingerprint density at radius 1 is 1.04 bits per heavy atom. The molecule has 46 heavy (non-hydrogen) atoms. The number of hydrogen-bond acceptors (Lipinski definition) is 10. The van der Waals surface area contributed by atoms with Gasteiger partial charge in [0.2, 0.25) is 5.95 Å². The average Bonchev–Trinajstić information content (AvgIpc) is 3.42. The van der Waals surface area contributed by atoms with Crippen LogP contribution < -0.4 is 20.5 Å². The molecule has 2 N–H and O–H groups in total. The number of anilines is 2. The normalized spacial score (nSPS) is 18.9. The van der Waals surface area contributed by atoms with E-state index >= 15 is 0 Å². The third-order valence-corrected chi connectivity index (χ3v) is 8.52. The van der Waals surface area contributed by atoms with Crippen LogP contribution in [0.3, 0.4) is 0 Å². The van der Waals surface area contributed by atoms with Gasteiger partial charge >= 0.3 is 6.18 Å². The van der Waals surface area contributed by atoms with Crippen LogP contribution in [0.15, 0.2) is 47.7 Å². The van der Waals surface area contributed by atoms with Crippen molar-refractivity contribution in [2.75, 3.05) is 43.6 Å². The molecule has 1 amide bonds. The van der Waals surface area contributed by atoms with E-state index in [1.165, 1.54) is 4.68 Å². The molecule has 15 heteroatoms. The number of benzene rings is 1. The van der Waals surface area contributed by atoms with Crippen molar-refractivity contribution in [2.45, 2.75) is 70.1 Å². The van der Waals surface area contributed by atoms with Gasteiger partial charge in [0.15, 0.2) is 0 Å². The predicted molar refractivity (Wildman–Crippen MR) is 163 cm³/mol. The van der Waals surface area contributed by atoms with E-state index < -0.39 is 30.0 Å². The monoisotopic (exact) mass is 645 g/mol. The van der Waals surface area contributed by atoms with Crippen LogP contribution in [-0.2, 0) is 22.3 Å². The van der Waals surface area contributed by atoms with E-state index in [1.54, 1.807) is 32.1 Å². The van der Waals surface area contributed by atoms with Gasteiger partial charge in [-0.1, -0.05) is 12.1 Å². The zero-order chi connectivity index (χ0) is 33.0. The van der Waals surface area contributed by atoms with Crippen molar-refractivity contribution in [2.24, 2.45) is 0 Å². The van der Waals surface area contributed by atoms with Crippen molar-refractivity contribution in [3.05, 3.63) is 69.9 Å². The summed E-state index contributed by atoms with van der Waals surface area (Å²) in [6.45, 7) is 5.13. The number of aliphatic hydroxyl groups is 1. The standard InChI is InChI=1S/C31H38F3N7O5/c1-19-25(16-37-41(28(19)43)17-21-4-6-24(45-3)7-5-21)38-26(20(2)42)18-46-27-10-13-40(29(27)44)23-8-11-39(12-9-23)30-35-14-22(15-36-30)31(32,33)34/h4-7,14-16,20,23,26-27,38,42H,8-13,17-18H2,1-3H3/t20-,26-,27-/m1/s1. The first kappa shape index (κ1) is 33.1. The van der Waals surface area contributed by atoms with Gasteiger partial charge in [-0.15, -0.1) is 0 Å². The van der Waals surface area contributed by atoms with Crippen molar-refractivity contribution >= 4 is 17.5 Å². The van der Waals surface area contributed by atoms with Gasteiger partial charge in [-0.3, -0.25) is 9.59 Å². The lowest BCUT2D eigenvalue weighted by Crippen LogP contribution is -2.47. The Kier molecular flexibility index (Phi) is 10.1. The number of piperidine rings is 1. The van der Waals surface area contributed by atoms with Gasteiger partial charge < -0.3 is 29.7 Å². The predicted octanol–water partition coefficient (Wildman–Crippen LogP) is 2.87. The lowest BCUT2D eigenvalue weighted by molar-refractivity contribution is -0.140. The topological polar surface area (TPSA) is 135 Å². The number of likely N-dealkylation sites (tertiary alicyclic amines) is 1. The fourth-order valence-electron chi connectivity index (χ4n) is 5.67. The molecule has 5 rings (SSSR count). The lowest BCUT2D eigenvalue weighted by atomic mass is 10.0. The molecule has 248 valence electrons. The number of aliphatic hydroxyl groups excluding tert-OH is 1. The summed E-state index contributed by atoms with van der Waals surface area (Å²) in [4.78, 5) is 37.7. The number of rotatable bonds is 11. The van der Waals surface area contributed by atoms with E-state index in [2.05, 4.69) is 20.4 Å². The highest BCUT2D eigenvalue weighted by atomic mass is 19.4. The fourth-order valence-corrected chi connectivity index (χ4v) is 5.67. The van der Waals surface area contributed by atoms with Crippen LogP contribution >= 0.6 is 0 Å². The third-order valence-electron chi connectivity index (χ3n) is 8.52. The average molecular weight is 646 g/mol. The minimum Gasteiger partial charge on any atom is -0.497 e. The van der Waals surface area contributed by atoms with Crippen LogP contribution in [0.25, 0.3) is 0 Å². The Morgan fingerprint density at radius 2 is 1.72 bits per heavy atom. The number of carbonyl (C=O) groups excluding carboxylic acids is 1. The summed E-state index contributed by atoms with van der Waals surface area (Å²) in [5.41, 5.74) is 0.620. The number of aromatic nitrogens is 4. The number of halogens is 3. The van der Waals surface area contributed by atoms with Gasteiger partial charge in [0.05, 0.1) is 49.9 Å². The van der Waals surface area contributed by atoms with Crippen molar-refractivity contribution in [3.63, 3.8) is 0 Å². The smallest absolute Gasteiger partial charge is 0.419 e. The molecule has 2 fully saturated rings. The first-order valence-electron chi connectivity index (χ1n) is 15.1. The summed E-state index contributed by atoms with van der Waals surface area (Å²) in [7, 11) is 1.59. The van der Waals surface area contributed by atoms with Gasteiger partial charge in [0.25, 0.3) is 11.5 Å². The van der Waals surface area contributed by atoms with Gasteiger partial charge in [-0.25, -0.2) is 14.6 Å². The maximum absolute atomic E-state index is 13.3. The number of amides is 1. The largest absolute Gasteiger partial charge is 0.497 e. The minimum absolute atomic E-state index is 0.0278. The van der Waals surface area contributed by atoms with Crippen LogP contribution in [0.2, 0.25) is 0 Å². The molecule has 2 aromatic heterocycles. The number of alkyl halides is 3. The Labute approximate surface area is 264 Å². The summed E-state index contributed by atoms with van der Waals surface area (Å²) in [6.07, 6.45) is -1.17. The first-order chi connectivity index (χ1) is 21.9. The van der Waals surface area contributed by atoms with Gasteiger partial charge in [0, 0.05) is 50.1 Å². The molecule has 0 saturated carbocycles. The molecular formula is C31H38F3N7O5. The molecule has 1 aromatic carbocycles. The molecule has 2 saturated heterocycles. The van der Waals surface area contributed by atoms with E-state index in [0.29, 0.717) is 55.9 Å². The highest BCUT2D eigenvalue weighted by Crippen LogP contribution is 2.30. The van der Waals surface area contributed by atoms with Gasteiger partial charge in [0.1, 0.15) is 11.9 Å². The number of methoxy groups -OCH3 is 1. The minimum atomic E-state index is -4.49. The molecular weight excluding hydrogens is 607 g/mol. The highest BCUT2D eigenvalue weighted by Gasteiger charge is 2.39. The Hall–Kier alpha value is -4.24. The SMILES string of the molecule is COc1ccc(Cn2ncc(N[C@H](CO[C@@H]3CCN(C4CCN(c5ncc(C(F)(F)F)cn5)CC4)C3=O)[C@@H](C)O)c(C)c2=O)cc1. The van der Waals surface area contributed by atoms with Crippen molar-refractivity contribution in [3.8, 4) is 5.75 Å². The summed E-state index contributed by atoms with van der Waals surface area (Å²) in [5.74, 6) is 0.818. The maximum Gasteiger partial charge on any atom is 0.419 e. The van der Waals surface area contributed by atoms with Crippen LogP contribution in [-0.4, -0.2) is 93.3 Å². The number of nitrogens with zero attached hydrogens (tertiary/aromatic N) is 6. The molecule has 2 aliphatic rings. The molecule has 2 aliphatic heterocycles. The Balaban J connectivity index is 1.13. The number of carbonyl (C=O) groups is 1. The molecule has 4 heterocycles. The summed E-state index contributed by atoms with van der Waals surface area (Å²) < 4.78 is 51.1. The highest BCUT2D eigenvalue weighted by molar-refractivity contribution is 5.83. The molecule has 3 atom stereocenters. The van der Waals surface area contributed by atoms with E-state index in [9.17, 15) is 27.9 Å². The molecule has 0 spiro atoms. The molecule has 3 aromatic rings. The summed E-state index contributed by atoms with van der Waals surface area (Å²) >= 11 is 0. The van der Waals surface area contributed by atoms with Crippen LogP contribution in [0.5, 0.6) is 5.75 Å². The first-order valence-corrected chi connectivity index (χ1v) is 15.1. The van der Waals surface area contributed by atoms with E-state index in [-0.39, 0.29) is 36.6 Å². The van der Waals surface area contributed by atoms with Crippen LogP contribution in [0.1, 0.15) is 42.9 Å². The van der Waals surface area contributed by atoms with Crippen molar-refractivity contribution in [1.29, 1.82) is 0 Å². The van der Waals surface area contributed by atoms with Crippen molar-refractivity contribution in [1.82, 2.24) is 24.6 Å². The van der Waals surface area contributed by atoms with Crippen molar-refractivity contribution < 1.29 is 32.5 Å². The summed E-state index contributed by atoms with van der Waals surface area (Å²) in [6, 6.07) is 6.72. The molecule has 0 bridgehead atoms. The van der Waals surface area contributed by atoms with Gasteiger partial charge in [-0.05, 0) is 44.4 Å². The quantitative estimate of drug-likeness (QED) is 0.321.